The molecule has 0 N–H and O–H groups in total. The number of nitrogens with zero attached hydrogens (tertiary/aromatic N) is 5. The molecule has 3 fully saturated rings. The Labute approximate surface area is 224 Å². The normalized spacial score (nSPS) is 19.4. The molecular weight excluding hydrogens is 474 g/mol. The molecule has 4 aromatic rings. The number of ether oxygens (including phenoxy) is 1. The van der Waals surface area contributed by atoms with Gasteiger partial charge in [-0.25, -0.2) is 9.97 Å². The van der Waals surface area contributed by atoms with Crippen molar-refractivity contribution in [2.75, 3.05) is 20.2 Å². The number of pyridine rings is 2. The highest BCUT2D eigenvalue weighted by molar-refractivity contribution is 5.94. The number of piperidine rings is 2. The number of amides is 1. The highest BCUT2D eigenvalue weighted by atomic mass is 16.5. The fourth-order valence-electron chi connectivity index (χ4n) is 5.98. The first-order valence-corrected chi connectivity index (χ1v) is 13.6. The van der Waals surface area contributed by atoms with Crippen LogP contribution < -0.4 is 4.74 Å². The predicted octanol–water partition coefficient (Wildman–Crippen LogP) is 5.33. The van der Waals surface area contributed by atoms with Crippen molar-refractivity contribution in [3.63, 3.8) is 0 Å². The summed E-state index contributed by atoms with van der Waals surface area (Å²) in [6.07, 6.45) is 4.22. The Morgan fingerprint density at radius 3 is 2.50 bits per heavy atom. The maximum Gasteiger partial charge on any atom is 0.273 e. The molecule has 6 heterocycles. The zero-order valence-electron chi connectivity index (χ0n) is 22.6. The van der Waals surface area contributed by atoms with E-state index in [4.69, 9.17) is 9.72 Å². The molecule has 0 radical (unpaired) electrons. The number of piperazine rings is 1. The topological polar surface area (TPSA) is 63.0 Å². The Kier molecular flexibility index (Phi) is 6.40. The minimum absolute atomic E-state index is 0.0106. The van der Waals surface area contributed by atoms with Gasteiger partial charge in [0.15, 0.2) is 0 Å². The van der Waals surface area contributed by atoms with Crippen LogP contribution in [0.4, 0.5) is 0 Å². The largest absolute Gasteiger partial charge is 0.481 e. The van der Waals surface area contributed by atoms with Gasteiger partial charge in [0.05, 0.1) is 18.5 Å². The summed E-state index contributed by atoms with van der Waals surface area (Å²) in [6, 6.07) is 19.2. The molecule has 7 heteroatoms. The summed E-state index contributed by atoms with van der Waals surface area (Å²) in [5, 5.41) is 0. The number of carbonyl (C=O) groups excluding carboxylic acids is 1. The molecule has 3 aliphatic heterocycles. The molecule has 2 atom stereocenters. The van der Waals surface area contributed by atoms with Crippen molar-refractivity contribution in [2.24, 2.45) is 0 Å². The van der Waals surface area contributed by atoms with Gasteiger partial charge in [0.25, 0.3) is 5.91 Å². The summed E-state index contributed by atoms with van der Waals surface area (Å²) in [7, 11) is 1.58. The van der Waals surface area contributed by atoms with Crippen LogP contribution in [0.5, 0.6) is 5.88 Å². The molecule has 3 saturated heterocycles. The lowest BCUT2D eigenvalue weighted by atomic mass is 9.90. The number of carbonyl (C=O) groups is 1. The van der Waals surface area contributed by atoms with Crippen molar-refractivity contribution in [1.29, 1.82) is 0 Å². The van der Waals surface area contributed by atoms with Crippen LogP contribution in [0.1, 0.15) is 59.9 Å². The molecule has 2 unspecified atom stereocenters. The number of hydrogen-bond acceptors (Lipinski definition) is 5. The third-order valence-electron chi connectivity index (χ3n) is 8.22. The van der Waals surface area contributed by atoms with Gasteiger partial charge in [-0.1, -0.05) is 50.2 Å². The van der Waals surface area contributed by atoms with Gasteiger partial charge in [0.1, 0.15) is 11.3 Å². The molecule has 0 spiro atoms. The predicted molar refractivity (Wildman–Crippen MR) is 148 cm³/mol. The van der Waals surface area contributed by atoms with E-state index in [0.717, 1.165) is 54.9 Å². The van der Waals surface area contributed by atoms with Gasteiger partial charge in [-0.05, 0) is 48.9 Å². The van der Waals surface area contributed by atoms with Crippen LogP contribution in [0, 0.1) is 6.92 Å². The zero-order valence-corrected chi connectivity index (χ0v) is 22.6. The van der Waals surface area contributed by atoms with Gasteiger partial charge in [-0.3, -0.25) is 9.69 Å². The zero-order chi connectivity index (χ0) is 26.4. The second kappa shape index (κ2) is 9.87. The maximum absolute atomic E-state index is 13.6. The standard InChI is InChI=1S/C31H35N5O2/c1-20(2)22-9-11-23(12-10-22)30-26(35-16-6-5-7-27(35)32-30)19-34-17-25-14-13-24(34)18-36(25)31(37)29-21(3)8-15-28(33-29)38-4/h5-12,15-16,20,24-25H,13-14,17-19H2,1-4H3. The number of aryl methyl sites for hydroxylation is 1. The van der Waals surface area contributed by atoms with E-state index in [-0.39, 0.29) is 11.9 Å². The molecular formula is C31H35N5O2. The van der Waals surface area contributed by atoms with Crippen LogP contribution in [0.15, 0.2) is 60.8 Å². The Hall–Kier alpha value is -3.71. The average Bonchev–Trinajstić information content (AvgIpc) is 3.31. The molecule has 38 heavy (non-hydrogen) atoms. The Morgan fingerprint density at radius 1 is 1.00 bits per heavy atom. The molecule has 3 aliphatic rings. The Balaban J connectivity index is 1.27. The number of methoxy groups -OCH3 is 1. The number of fused-ring (bicyclic) bond motifs is 4. The SMILES string of the molecule is COc1ccc(C)c(C(=O)N2CC3CCC2CN3Cc2c(-c3ccc(C(C)C)cc3)nc3ccccn23)n1. The number of imidazole rings is 1. The van der Waals surface area contributed by atoms with Gasteiger partial charge in [-0.15, -0.1) is 0 Å². The first kappa shape index (κ1) is 24.6. The van der Waals surface area contributed by atoms with Gasteiger partial charge in [0, 0.05) is 49.5 Å². The Bertz CT molecular complexity index is 1480. The van der Waals surface area contributed by atoms with E-state index in [2.05, 4.69) is 70.7 Å². The maximum atomic E-state index is 13.6. The van der Waals surface area contributed by atoms with E-state index in [0.29, 0.717) is 23.5 Å². The van der Waals surface area contributed by atoms with E-state index >= 15 is 0 Å². The van der Waals surface area contributed by atoms with Crippen LogP contribution in [0.25, 0.3) is 16.9 Å². The quantitative estimate of drug-likeness (QED) is 0.352. The van der Waals surface area contributed by atoms with Crippen molar-refractivity contribution in [3.05, 3.63) is 83.3 Å². The minimum Gasteiger partial charge on any atom is -0.481 e. The summed E-state index contributed by atoms with van der Waals surface area (Å²) in [6.45, 7) is 8.75. The minimum atomic E-state index is 0.0106. The summed E-state index contributed by atoms with van der Waals surface area (Å²) < 4.78 is 7.51. The molecule has 196 valence electrons. The van der Waals surface area contributed by atoms with E-state index < -0.39 is 0 Å². The third-order valence-corrected chi connectivity index (χ3v) is 8.22. The van der Waals surface area contributed by atoms with E-state index in [9.17, 15) is 4.79 Å². The summed E-state index contributed by atoms with van der Waals surface area (Å²) in [4.78, 5) is 27.7. The summed E-state index contributed by atoms with van der Waals surface area (Å²) in [5.74, 6) is 0.982. The number of rotatable bonds is 6. The molecule has 0 aliphatic carbocycles. The molecule has 7 nitrogen and oxygen atoms in total. The van der Waals surface area contributed by atoms with Crippen molar-refractivity contribution < 1.29 is 9.53 Å². The lowest BCUT2D eigenvalue weighted by Crippen LogP contribution is -2.63. The first-order chi connectivity index (χ1) is 18.4. The lowest BCUT2D eigenvalue weighted by molar-refractivity contribution is -0.0163. The van der Waals surface area contributed by atoms with E-state index in [1.54, 1.807) is 13.2 Å². The van der Waals surface area contributed by atoms with Crippen molar-refractivity contribution in [2.45, 2.75) is 58.2 Å². The molecule has 7 rings (SSSR count). The van der Waals surface area contributed by atoms with Crippen molar-refractivity contribution >= 4 is 11.6 Å². The van der Waals surface area contributed by atoms with Gasteiger partial charge in [0.2, 0.25) is 5.88 Å². The van der Waals surface area contributed by atoms with Crippen LogP contribution in [-0.2, 0) is 6.54 Å². The Morgan fingerprint density at radius 2 is 1.79 bits per heavy atom. The summed E-state index contributed by atoms with van der Waals surface area (Å²) in [5.41, 5.74) is 7.06. The molecule has 1 amide bonds. The van der Waals surface area contributed by atoms with E-state index in [1.165, 1.54) is 11.3 Å². The highest BCUT2D eigenvalue weighted by Crippen LogP contribution is 2.34. The van der Waals surface area contributed by atoms with Crippen LogP contribution >= 0.6 is 0 Å². The van der Waals surface area contributed by atoms with Crippen molar-refractivity contribution in [1.82, 2.24) is 24.2 Å². The number of hydrogen-bond donors (Lipinski definition) is 0. The lowest BCUT2D eigenvalue weighted by Gasteiger charge is -2.51. The van der Waals surface area contributed by atoms with Gasteiger partial charge < -0.3 is 14.0 Å². The van der Waals surface area contributed by atoms with Crippen LogP contribution in [0.3, 0.4) is 0 Å². The highest BCUT2D eigenvalue weighted by Gasteiger charge is 2.42. The smallest absolute Gasteiger partial charge is 0.273 e. The van der Waals surface area contributed by atoms with Crippen molar-refractivity contribution in [3.8, 4) is 17.1 Å². The fraction of sp³-hybridized carbons (Fsp3) is 0.387. The fourth-order valence-corrected chi connectivity index (χ4v) is 5.98. The van der Waals surface area contributed by atoms with Gasteiger partial charge in [-0.2, -0.15) is 0 Å². The molecule has 2 bridgehead atoms. The second-order valence-electron chi connectivity index (χ2n) is 10.9. The monoisotopic (exact) mass is 509 g/mol. The number of aromatic nitrogens is 3. The second-order valence-corrected chi connectivity index (χ2v) is 10.9. The molecule has 1 aromatic carbocycles. The first-order valence-electron chi connectivity index (χ1n) is 13.6. The summed E-state index contributed by atoms with van der Waals surface area (Å²) >= 11 is 0. The van der Waals surface area contributed by atoms with E-state index in [1.807, 2.05) is 24.0 Å². The van der Waals surface area contributed by atoms with Gasteiger partial charge >= 0.3 is 0 Å². The van der Waals surface area contributed by atoms with Crippen LogP contribution in [0.2, 0.25) is 0 Å². The average molecular weight is 510 g/mol. The molecule has 0 saturated carbocycles. The molecule has 3 aromatic heterocycles. The third kappa shape index (κ3) is 4.35. The number of benzene rings is 1. The van der Waals surface area contributed by atoms with Crippen LogP contribution in [-0.4, -0.2) is 62.4 Å².